The highest BCUT2D eigenvalue weighted by Gasteiger charge is 2.23. The fraction of sp³-hybridized carbons (Fsp3) is 0.360. The molecule has 0 N–H and O–H groups in total. The van der Waals surface area contributed by atoms with E-state index in [4.69, 9.17) is 4.74 Å². The van der Waals surface area contributed by atoms with E-state index in [1.54, 1.807) is 12.1 Å². The fourth-order valence-electron chi connectivity index (χ4n) is 4.14. The molecule has 2 aromatic carbocycles. The molecule has 1 fully saturated rings. The molecule has 0 bridgehead atoms. The van der Waals surface area contributed by atoms with Gasteiger partial charge < -0.3 is 4.74 Å². The van der Waals surface area contributed by atoms with Crippen LogP contribution >= 0.6 is 0 Å². The van der Waals surface area contributed by atoms with E-state index in [1.165, 1.54) is 31.2 Å². The van der Waals surface area contributed by atoms with Gasteiger partial charge in [0.15, 0.2) is 0 Å². The molecule has 0 spiro atoms. The summed E-state index contributed by atoms with van der Waals surface area (Å²) < 4.78 is 19.9. The van der Waals surface area contributed by atoms with Crippen LogP contribution in [0.25, 0.3) is 11.1 Å². The first kappa shape index (κ1) is 19.6. The molecule has 0 saturated heterocycles. The highest BCUT2D eigenvalue weighted by molar-refractivity contribution is 5.68. The normalized spacial score (nSPS) is 19.6. The summed E-state index contributed by atoms with van der Waals surface area (Å²) in [6.45, 7) is 8.19. The Labute approximate surface area is 162 Å². The number of ether oxygens (including phenoxy) is 1. The van der Waals surface area contributed by atoms with E-state index in [1.807, 2.05) is 24.3 Å². The van der Waals surface area contributed by atoms with Gasteiger partial charge in [0.2, 0.25) is 0 Å². The molecule has 1 saturated carbocycles. The zero-order chi connectivity index (χ0) is 19.1. The van der Waals surface area contributed by atoms with Crippen LogP contribution in [0, 0.1) is 11.7 Å². The standard InChI is InChI=1S/C25H29FO/c1-3-7-19-10-12-20(13-11-19)23-8-5-6-9-24(23)21-14-15-22(25(26)17-21)18-27-16-4-2/h3-6,8-9,14-15,17,19-20H,1-2,7,10-13,16,18H2. The Hall–Kier alpha value is -2.19. The summed E-state index contributed by atoms with van der Waals surface area (Å²) in [5.41, 5.74) is 4.04. The molecule has 0 atom stereocenters. The van der Waals surface area contributed by atoms with Crippen molar-refractivity contribution in [3.05, 3.63) is 84.7 Å². The summed E-state index contributed by atoms with van der Waals surface area (Å²) in [5.74, 6) is 1.13. The van der Waals surface area contributed by atoms with E-state index < -0.39 is 0 Å². The number of allylic oxidation sites excluding steroid dienone is 1. The largest absolute Gasteiger partial charge is 0.373 e. The maximum atomic E-state index is 14.6. The molecule has 3 rings (SSSR count). The fourth-order valence-corrected chi connectivity index (χ4v) is 4.14. The van der Waals surface area contributed by atoms with Crippen molar-refractivity contribution in [2.24, 2.45) is 5.92 Å². The van der Waals surface area contributed by atoms with Gasteiger partial charge in [-0.1, -0.05) is 48.6 Å². The van der Waals surface area contributed by atoms with Crippen LogP contribution in [0.3, 0.4) is 0 Å². The lowest BCUT2D eigenvalue weighted by atomic mass is 9.76. The Morgan fingerprint density at radius 1 is 1.00 bits per heavy atom. The number of halogens is 1. The van der Waals surface area contributed by atoms with Crippen LogP contribution in [0.15, 0.2) is 67.8 Å². The third-order valence-electron chi connectivity index (χ3n) is 5.60. The average molecular weight is 365 g/mol. The molecule has 1 aliphatic carbocycles. The second kappa shape index (κ2) is 9.66. The van der Waals surface area contributed by atoms with Crippen LogP contribution in [-0.4, -0.2) is 6.61 Å². The van der Waals surface area contributed by atoms with Crippen LogP contribution < -0.4 is 0 Å². The molecular weight excluding hydrogens is 335 g/mol. The maximum Gasteiger partial charge on any atom is 0.129 e. The van der Waals surface area contributed by atoms with Gasteiger partial charge in [-0.2, -0.15) is 0 Å². The van der Waals surface area contributed by atoms with Gasteiger partial charge in [-0.3, -0.25) is 0 Å². The molecule has 0 heterocycles. The molecule has 2 heteroatoms. The Kier molecular flexibility index (Phi) is 7.00. The number of hydrogen-bond acceptors (Lipinski definition) is 1. The zero-order valence-corrected chi connectivity index (χ0v) is 16.0. The second-order valence-corrected chi connectivity index (χ2v) is 7.44. The predicted molar refractivity (Wildman–Crippen MR) is 111 cm³/mol. The molecule has 0 aromatic heterocycles. The molecule has 1 nitrogen and oxygen atoms in total. The maximum absolute atomic E-state index is 14.6. The van der Waals surface area contributed by atoms with Gasteiger partial charge in [-0.05, 0) is 66.7 Å². The van der Waals surface area contributed by atoms with E-state index in [-0.39, 0.29) is 12.4 Å². The summed E-state index contributed by atoms with van der Waals surface area (Å²) >= 11 is 0. The van der Waals surface area contributed by atoms with Gasteiger partial charge in [0.05, 0.1) is 13.2 Å². The minimum atomic E-state index is -0.207. The molecular formula is C25H29FO. The monoisotopic (exact) mass is 364 g/mol. The van der Waals surface area contributed by atoms with E-state index in [2.05, 4.69) is 31.4 Å². The van der Waals surface area contributed by atoms with E-state index in [9.17, 15) is 4.39 Å². The Morgan fingerprint density at radius 2 is 1.78 bits per heavy atom. The molecule has 0 amide bonds. The highest BCUT2D eigenvalue weighted by atomic mass is 19.1. The van der Waals surface area contributed by atoms with Crippen LogP contribution in [0.1, 0.15) is 49.1 Å². The van der Waals surface area contributed by atoms with Gasteiger partial charge in [0.25, 0.3) is 0 Å². The van der Waals surface area contributed by atoms with Gasteiger partial charge in [-0.15, -0.1) is 13.2 Å². The van der Waals surface area contributed by atoms with Crippen LogP contribution in [0.4, 0.5) is 4.39 Å². The summed E-state index contributed by atoms with van der Waals surface area (Å²) in [7, 11) is 0. The zero-order valence-electron chi connectivity index (χ0n) is 16.0. The smallest absolute Gasteiger partial charge is 0.129 e. The third kappa shape index (κ3) is 4.95. The lowest BCUT2D eigenvalue weighted by molar-refractivity contribution is 0.146. The van der Waals surface area contributed by atoms with Crippen molar-refractivity contribution in [3.8, 4) is 11.1 Å². The molecule has 0 aliphatic heterocycles. The van der Waals surface area contributed by atoms with Crippen molar-refractivity contribution in [1.82, 2.24) is 0 Å². The quantitative estimate of drug-likeness (QED) is 0.360. The Balaban J connectivity index is 1.79. The highest BCUT2D eigenvalue weighted by Crippen LogP contribution is 2.41. The van der Waals surface area contributed by atoms with Gasteiger partial charge in [0, 0.05) is 5.56 Å². The summed E-state index contributed by atoms with van der Waals surface area (Å²) in [4.78, 5) is 0. The average Bonchev–Trinajstić information content (AvgIpc) is 2.70. The first-order valence-corrected chi connectivity index (χ1v) is 9.90. The SMILES string of the molecule is C=CCOCc1ccc(-c2ccccc2C2CCC(CC=C)CC2)cc1F. The topological polar surface area (TPSA) is 9.23 Å². The summed E-state index contributed by atoms with van der Waals surface area (Å²) in [6.07, 6.45) is 9.73. The molecule has 0 unspecified atom stereocenters. The van der Waals surface area contributed by atoms with Gasteiger partial charge in [-0.25, -0.2) is 4.39 Å². The van der Waals surface area contributed by atoms with Crippen molar-refractivity contribution in [2.45, 2.75) is 44.6 Å². The first-order chi connectivity index (χ1) is 13.2. The van der Waals surface area contributed by atoms with Crippen LogP contribution in [0.2, 0.25) is 0 Å². The molecule has 1 aliphatic rings. The van der Waals surface area contributed by atoms with Crippen molar-refractivity contribution in [2.75, 3.05) is 6.61 Å². The number of hydrogen-bond donors (Lipinski definition) is 0. The van der Waals surface area contributed by atoms with Crippen molar-refractivity contribution in [3.63, 3.8) is 0 Å². The lowest BCUT2D eigenvalue weighted by Crippen LogP contribution is -2.13. The van der Waals surface area contributed by atoms with Crippen molar-refractivity contribution in [1.29, 1.82) is 0 Å². The summed E-state index contributed by atoms with van der Waals surface area (Å²) in [5, 5.41) is 0. The van der Waals surface area contributed by atoms with E-state index in [0.717, 1.165) is 23.5 Å². The predicted octanol–water partition coefficient (Wildman–Crippen LogP) is 7.05. The first-order valence-electron chi connectivity index (χ1n) is 9.90. The summed E-state index contributed by atoms with van der Waals surface area (Å²) in [6, 6.07) is 14.0. The minimum absolute atomic E-state index is 0.207. The van der Waals surface area contributed by atoms with Gasteiger partial charge >= 0.3 is 0 Å². The number of rotatable bonds is 8. The Bertz CT molecular complexity index is 772. The van der Waals surface area contributed by atoms with Crippen molar-refractivity contribution >= 4 is 0 Å². The lowest BCUT2D eigenvalue weighted by Gasteiger charge is -2.29. The van der Waals surface area contributed by atoms with E-state index >= 15 is 0 Å². The minimum Gasteiger partial charge on any atom is -0.373 e. The Morgan fingerprint density at radius 3 is 2.48 bits per heavy atom. The molecule has 142 valence electrons. The molecule has 0 radical (unpaired) electrons. The second-order valence-electron chi connectivity index (χ2n) is 7.44. The van der Waals surface area contributed by atoms with Crippen LogP contribution in [0.5, 0.6) is 0 Å². The van der Waals surface area contributed by atoms with Crippen LogP contribution in [-0.2, 0) is 11.3 Å². The third-order valence-corrected chi connectivity index (χ3v) is 5.60. The van der Waals surface area contributed by atoms with E-state index in [0.29, 0.717) is 18.1 Å². The molecule has 2 aromatic rings. The number of benzene rings is 2. The van der Waals surface area contributed by atoms with Crippen molar-refractivity contribution < 1.29 is 9.13 Å². The molecule has 27 heavy (non-hydrogen) atoms. The van der Waals surface area contributed by atoms with Gasteiger partial charge in [0.1, 0.15) is 5.82 Å².